The van der Waals surface area contributed by atoms with Crippen LogP contribution in [-0.4, -0.2) is 44.7 Å². The summed E-state index contributed by atoms with van der Waals surface area (Å²) in [5.41, 5.74) is 1.33. The van der Waals surface area contributed by atoms with E-state index in [2.05, 4.69) is 30.6 Å². The molecule has 2 heterocycles. The minimum Gasteiger partial charge on any atom is -0.394 e. The number of aliphatic hydroxyl groups is 1. The summed E-state index contributed by atoms with van der Waals surface area (Å²) in [6, 6.07) is -0.0777. The van der Waals surface area contributed by atoms with Crippen molar-refractivity contribution in [2.24, 2.45) is 0 Å². The van der Waals surface area contributed by atoms with Gasteiger partial charge in [-0.05, 0) is 6.92 Å². The summed E-state index contributed by atoms with van der Waals surface area (Å²) in [5, 5.41) is 14.9. The molecule has 0 aliphatic heterocycles. The molecule has 0 saturated heterocycles. The molecule has 0 aromatic carbocycles. The standard InChI is InChI=1S/C9H14N6O/c1-5(3-16)13-8-6-7(12-4-11-6)14-9(10-2)15-8/h4-5,16H,3H2,1-2H3,(H3,10,11,12,13,14,15). The summed E-state index contributed by atoms with van der Waals surface area (Å²) < 4.78 is 0. The first-order chi connectivity index (χ1) is 7.74. The Hall–Kier alpha value is -1.89. The highest BCUT2D eigenvalue weighted by atomic mass is 16.3. The van der Waals surface area contributed by atoms with Crippen LogP contribution in [0.3, 0.4) is 0 Å². The molecule has 7 nitrogen and oxygen atoms in total. The number of hydrogen-bond donors (Lipinski definition) is 4. The number of fused-ring (bicyclic) bond motifs is 1. The molecule has 0 amide bonds. The van der Waals surface area contributed by atoms with E-state index in [0.29, 0.717) is 17.4 Å². The van der Waals surface area contributed by atoms with Crippen molar-refractivity contribution in [1.82, 2.24) is 19.9 Å². The van der Waals surface area contributed by atoms with Gasteiger partial charge in [0.05, 0.1) is 12.9 Å². The first-order valence-corrected chi connectivity index (χ1v) is 5.01. The van der Waals surface area contributed by atoms with Crippen LogP contribution in [0.25, 0.3) is 11.2 Å². The number of aromatic nitrogens is 4. The van der Waals surface area contributed by atoms with Crippen molar-refractivity contribution in [3.63, 3.8) is 0 Å². The molecule has 0 saturated carbocycles. The fourth-order valence-corrected chi connectivity index (χ4v) is 1.33. The van der Waals surface area contributed by atoms with Crippen LogP contribution in [0.15, 0.2) is 6.33 Å². The van der Waals surface area contributed by atoms with E-state index in [1.807, 2.05) is 6.92 Å². The molecule has 7 heteroatoms. The molecule has 86 valence electrons. The Kier molecular flexibility index (Phi) is 2.86. The Morgan fingerprint density at radius 1 is 1.50 bits per heavy atom. The number of imidazole rings is 1. The maximum Gasteiger partial charge on any atom is 0.226 e. The normalized spacial score (nSPS) is 12.7. The van der Waals surface area contributed by atoms with Gasteiger partial charge in [-0.25, -0.2) is 4.98 Å². The molecule has 2 aromatic heterocycles. The molecule has 4 N–H and O–H groups in total. The van der Waals surface area contributed by atoms with Crippen molar-refractivity contribution < 1.29 is 5.11 Å². The van der Waals surface area contributed by atoms with Gasteiger partial charge in [-0.2, -0.15) is 9.97 Å². The Morgan fingerprint density at radius 3 is 3.00 bits per heavy atom. The van der Waals surface area contributed by atoms with Crippen LogP contribution in [-0.2, 0) is 0 Å². The molecule has 1 unspecified atom stereocenters. The van der Waals surface area contributed by atoms with E-state index in [0.717, 1.165) is 5.52 Å². The Balaban J connectivity index is 2.44. The van der Waals surface area contributed by atoms with E-state index in [4.69, 9.17) is 5.11 Å². The monoisotopic (exact) mass is 222 g/mol. The summed E-state index contributed by atoms with van der Waals surface area (Å²) in [7, 11) is 1.74. The van der Waals surface area contributed by atoms with Crippen molar-refractivity contribution in [1.29, 1.82) is 0 Å². The van der Waals surface area contributed by atoms with Crippen molar-refractivity contribution >= 4 is 22.9 Å². The average molecular weight is 222 g/mol. The molecular weight excluding hydrogens is 208 g/mol. The molecule has 0 radical (unpaired) electrons. The van der Waals surface area contributed by atoms with E-state index in [9.17, 15) is 0 Å². The smallest absolute Gasteiger partial charge is 0.226 e. The minimum absolute atomic E-state index is 0.0362. The first-order valence-electron chi connectivity index (χ1n) is 5.01. The van der Waals surface area contributed by atoms with Crippen LogP contribution < -0.4 is 10.6 Å². The molecular formula is C9H14N6O. The lowest BCUT2D eigenvalue weighted by Crippen LogP contribution is -2.20. The quantitative estimate of drug-likeness (QED) is 0.589. The lowest BCUT2D eigenvalue weighted by atomic mass is 10.3. The Labute approximate surface area is 92.3 Å². The van der Waals surface area contributed by atoms with Gasteiger partial charge >= 0.3 is 0 Å². The number of H-pyrrole nitrogens is 1. The Bertz CT molecular complexity index is 482. The number of aromatic amines is 1. The van der Waals surface area contributed by atoms with Gasteiger partial charge in [-0.15, -0.1) is 0 Å². The number of rotatable bonds is 4. The zero-order valence-corrected chi connectivity index (χ0v) is 9.15. The number of nitrogens with zero attached hydrogens (tertiary/aromatic N) is 3. The van der Waals surface area contributed by atoms with Crippen LogP contribution in [0.4, 0.5) is 11.8 Å². The predicted molar refractivity (Wildman–Crippen MR) is 61.4 cm³/mol. The molecule has 0 bridgehead atoms. The molecule has 0 fully saturated rings. The highest BCUT2D eigenvalue weighted by Gasteiger charge is 2.10. The topological polar surface area (TPSA) is 98.8 Å². The molecule has 2 aromatic rings. The van der Waals surface area contributed by atoms with E-state index >= 15 is 0 Å². The second-order valence-corrected chi connectivity index (χ2v) is 3.47. The van der Waals surface area contributed by atoms with Crippen LogP contribution in [0, 0.1) is 0 Å². The third-order valence-corrected chi connectivity index (χ3v) is 2.17. The zero-order valence-electron chi connectivity index (χ0n) is 9.15. The third-order valence-electron chi connectivity index (χ3n) is 2.17. The van der Waals surface area contributed by atoms with Gasteiger partial charge in [0.2, 0.25) is 5.95 Å². The van der Waals surface area contributed by atoms with Gasteiger partial charge in [-0.1, -0.05) is 0 Å². The number of hydrogen-bond acceptors (Lipinski definition) is 6. The van der Waals surface area contributed by atoms with Gasteiger partial charge < -0.3 is 20.7 Å². The number of anilines is 2. The van der Waals surface area contributed by atoms with Gasteiger partial charge in [0.1, 0.15) is 5.52 Å². The molecule has 16 heavy (non-hydrogen) atoms. The second-order valence-electron chi connectivity index (χ2n) is 3.47. The lowest BCUT2D eigenvalue weighted by Gasteiger charge is -2.12. The Morgan fingerprint density at radius 2 is 2.31 bits per heavy atom. The number of nitrogens with one attached hydrogen (secondary N) is 3. The lowest BCUT2D eigenvalue weighted by molar-refractivity contribution is 0.281. The van der Waals surface area contributed by atoms with Gasteiger partial charge in [0, 0.05) is 13.1 Å². The molecule has 2 rings (SSSR count). The summed E-state index contributed by atoms with van der Waals surface area (Å²) in [4.78, 5) is 15.5. The second kappa shape index (κ2) is 4.31. The van der Waals surface area contributed by atoms with Crippen molar-refractivity contribution in [3.8, 4) is 0 Å². The fraction of sp³-hybridized carbons (Fsp3) is 0.444. The van der Waals surface area contributed by atoms with Crippen LogP contribution in [0.2, 0.25) is 0 Å². The molecule has 0 spiro atoms. The van der Waals surface area contributed by atoms with Crippen LogP contribution in [0.1, 0.15) is 6.92 Å². The molecule has 1 atom stereocenters. The zero-order chi connectivity index (χ0) is 11.5. The van der Waals surface area contributed by atoms with E-state index < -0.39 is 0 Å². The third kappa shape index (κ3) is 1.89. The first kappa shape index (κ1) is 10.6. The SMILES string of the molecule is CNc1nc(NC(C)CO)c2[nH]cnc2n1. The number of aliphatic hydroxyl groups excluding tert-OH is 1. The van der Waals surface area contributed by atoms with Crippen molar-refractivity contribution in [2.75, 3.05) is 24.3 Å². The van der Waals surface area contributed by atoms with E-state index in [1.54, 1.807) is 13.4 Å². The predicted octanol–water partition coefficient (Wildman–Crippen LogP) is 0.187. The molecule has 0 aliphatic rings. The van der Waals surface area contributed by atoms with E-state index in [-0.39, 0.29) is 12.6 Å². The van der Waals surface area contributed by atoms with Crippen LogP contribution in [0.5, 0.6) is 0 Å². The van der Waals surface area contributed by atoms with Crippen molar-refractivity contribution in [2.45, 2.75) is 13.0 Å². The molecule has 0 aliphatic carbocycles. The fourth-order valence-electron chi connectivity index (χ4n) is 1.33. The highest BCUT2D eigenvalue weighted by Crippen LogP contribution is 2.18. The highest BCUT2D eigenvalue weighted by molar-refractivity contribution is 5.83. The van der Waals surface area contributed by atoms with E-state index in [1.165, 1.54) is 0 Å². The van der Waals surface area contributed by atoms with Gasteiger partial charge in [-0.3, -0.25) is 0 Å². The van der Waals surface area contributed by atoms with Crippen LogP contribution >= 0.6 is 0 Å². The van der Waals surface area contributed by atoms with Gasteiger partial charge in [0.25, 0.3) is 0 Å². The van der Waals surface area contributed by atoms with Gasteiger partial charge in [0.15, 0.2) is 11.5 Å². The maximum absolute atomic E-state index is 9.00. The minimum atomic E-state index is -0.0777. The summed E-state index contributed by atoms with van der Waals surface area (Å²) in [6.07, 6.45) is 1.56. The summed E-state index contributed by atoms with van der Waals surface area (Å²) >= 11 is 0. The summed E-state index contributed by atoms with van der Waals surface area (Å²) in [6.45, 7) is 1.90. The average Bonchev–Trinajstić information content (AvgIpc) is 2.76. The summed E-state index contributed by atoms with van der Waals surface area (Å²) in [5.74, 6) is 1.13. The maximum atomic E-state index is 9.00. The van der Waals surface area contributed by atoms with Crippen molar-refractivity contribution in [3.05, 3.63) is 6.33 Å². The largest absolute Gasteiger partial charge is 0.394 e.